The standard InChI is InChI=1S/C13H18N6/c1-19-12-10(18-13(19)14)11(15-6-16-12)17-9-5-7-2-3-8(9)4-7/h6-9H,2-5H2,1H3,(H2,14,18)(H,15,16,17). The maximum absolute atomic E-state index is 5.85. The van der Waals surface area contributed by atoms with Crippen molar-refractivity contribution in [3.8, 4) is 0 Å². The van der Waals surface area contributed by atoms with Crippen molar-refractivity contribution in [1.29, 1.82) is 0 Å². The van der Waals surface area contributed by atoms with Crippen molar-refractivity contribution >= 4 is 22.9 Å². The Morgan fingerprint density at radius 2 is 2.21 bits per heavy atom. The van der Waals surface area contributed by atoms with E-state index in [1.54, 1.807) is 10.9 Å². The predicted octanol–water partition coefficient (Wildman–Crippen LogP) is 1.55. The van der Waals surface area contributed by atoms with Gasteiger partial charge in [-0.1, -0.05) is 6.42 Å². The lowest BCUT2D eigenvalue weighted by molar-refractivity contribution is 0.439. The molecular formula is C13H18N6. The zero-order valence-corrected chi connectivity index (χ0v) is 11.0. The number of nitrogens with two attached hydrogens (primary N) is 1. The topological polar surface area (TPSA) is 81.7 Å². The van der Waals surface area contributed by atoms with Crippen molar-refractivity contribution in [2.24, 2.45) is 18.9 Å². The van der Waals surface area contributed by atoms with Gasteiger partial charge in [-0.15, -0.1) is 0 Å². The molecule has 6 heteroatoms. The van der Waals surface area contributed by atoms with Crippen molar-refractivity contribution in [2.75, 3.05) is 11.1 Å². The second kappa shape index (κ2) is 3.82. The van der Waals surface area contributed by atoms with Crippen LogP contribution in [0.5, 0.6) is 0 Å². The van der Waals surface area contributed by atoms with Crippen LogP contribution in [-0.2, 0) is 7.05 Å². The van der Waals surface area contributed by atoms with E-state index in [0.717, 1.165) is 28.8 Å². The molecule has 6 nitrogen and oxygen atoms in total. The van der Waals surface area contributed by atoms with Gasteiger partial charge in [-0.05, 0) is 31.1 Å². The van der Waals surface area contributed by atoms with E-state index in [1.807, 2.05) is 7.05 Å². The molecule has 0 aromatic carbocycles. The number of nitrogens with zero attached hydrogens (tertiary/aromatic N) is 4. The quantitative estimate of drug-likeness (QED) is 0.854. The lowest BCUT2D eigenvalue weighted by Crippen LogP contribution is -2.26. The smallest absolute Gasteiger partial charge is 0.202 e. The summed E-state index contributed by atoms with van der Waals surface area (Å²) in [5.41, 5.74) is 7.42. The van der Waals surface area contributed by atoms with Gasteiger partial charge in [-0.25, -0.2) is 15.0 Å². The molecule has 2 aromatic rings. The molecule has 3 N–H and O–H groups in total. The van der Waals surface area contributed by atoms with Gasteiger partial charge in [0.25, 0.3) is 0 Å². The minimum absolute atomic E-state index is 0.478. The largest absolute Gasteiger partial charge is 0.369 e. The molecule has 0 saturated heterocycles. The molecule has 3 unspecified atom stereocenters. The first kappa shape index (κ1) is 11.0. The molecule has 2 heterocycles. The summed E-state index contributed by atoms with van der Waals surface area (Å²) in [5.74, 6) is 3.02. The third kappa shape index (κ3) is 1.59. The van der Waals surface area contributed by atoms with Crippen LogP contribution in [0, 0.1) is 11.8 Å². The number of aryl methyl sites for hydroxylation is 1. The molecule has 0 radical (unpaired) electrons. The van der Waals surface area contributed by atoms with Crippen LogP contribution in [0.25, 0.3) is 11.2 Å². The van der Waals surface area contributed by atoms with E-state index in [2.05, 4.69) is 20.3 Å². The third-order valence-electron chi connectivity index (χ3n) is 4.75. The molecule has 2 aliphatic rings. The first-order valence-electron chi connectivity index (χ1n) is 6.92. The first-order chi connectivity index (χ1) is 9.22. The number of nitrogen functional groups attached to an aromatic ring is 1. The molecule has 0 amide bonds. The minimum atomic E-state index is 0.478. The van der Waals surface area contributed by atoms with Gasteiger partial charge in [0.15, 0.2) is 17.0 Å². The zero-order chi connectivity index (χ0) is 13.0. The van der Waals surface area contributed by atoms with E-state index >= 15 is 0 Å². The average Bonchev–Trinajstić information content (AvgIpc) is 3.08. The molecule has 0 aliphatic heterocycles. The Hall–Kier alpha value is -1.85. The molecule has 100 valence electrons. The summed E-state index contributed by atoms with van der Waals surface area (Å²) in [4.78, 5) is 13.0. The van der Waals surface area contributed by atoms with Crippen LogP contribution in [0.1, 0.15) is 25.7 Å². The van der Waals surface area contributed by atoms with Crippen LogP contribution >= 0.6 is 0 Å². The van der Waals surface area contributed by atoms with E-state index in [1.165, 1.54) is 25.7 Å². The summed E-state index contributed by atoms with van der Waals surface area (Å²) >= 11 is 0. The normalized spacial score (nSPS) is 29.2. The highest BCUT2D eigenvalue weighted by molar-refractivity contribution is 5.84. The Balaban J connectivity index is 1.69. The highest BCUT2D eigenvalue weighted by atomic mass is 15.2. The van der Waals surface area contributed by atoms with Crippen LogP contribution in [0.2, 0.25) is 0 Å². The van der Waals surface area contributed by atoms with Gasteiger partial charge < -0.3 is 11.1 Å². The summed E-state index contributed by atoms with van der Waals surface area (Å²) in [7, 11) is 1.87. The highest BCUT2D eigenvalue weighted by Gasteiger charge is 2.39. The highest BCUT2D eigenvalue weighted by Crippen LogP contribution is 2.45. The Bertz CT molecular complexity index is 633. The maximum atomic E-state index is 5.85. The van der Waals surface area contributed by atoms with Gasteiger partial charge in [0.1, 0.15) is 6.33 Å². The number of nitrogens with one attached hydrogen (secondary N) is 1. The molecule has 0 spiro atoms. The van der Waals surface area contributed by atoms with Crippen LogP contribution in [0.4, 0.5) is 11.8 Å². The number of hydrogen-bond donors (Lipinski definition) is 2. The molecule has 3 atom stereocenters. The fraction of sp³-hybridized carbons (Fsp3) is 0.615. The van der Waals surface area contributed by atoms with E-state index in [-0.39, 0.29) is 0 Å². The number of aromatic nitrogens is 4. The van der Waals surface area contributed by atoms with E-state index in [9.17, 15) is 0 Å². The minimum Gasteiger partial charge on any atom is -0.369 e. The Morgan fingerprint density at radius 3 is 2.95 bits per heavy atom. The number of imidazole rings is 1. The molecule has 2 fully saturated rings. The fourth-order valence-electron chi connectivity index (χ4n) is 3.72. The van der Waals surface area contributed by atoms with Crippen molar-refractivity contribution < 1.29 is 0 Å². The van der Waals surface area contributed by atoms with E-state index in [0.29, 0.717) is 12.0 Å². The third-order valence-corrected chi connectivity index (χ3v) is 4.75. The predicted molar refractivity (Wildman–Crippen MR) is 73.6 cm³/mol. The van der Waals surface area contributed by atoms with E-state index < -0.39 is 0 Å². The number of fused-ring (bicyclic) bond motifs is 3. The zero-order valence-electron chi connectivity index (χ0n) is 11.0. The van der Waals surface area contributed by atoms with E-state index in [4.69, 9.17) is 5.73 Å². The average molecular weight is 258 g/mol. The molecule has 19 heavy (non-hydrogen) atoms. The van der Waals surface area contributed by atoms with Crippen LogP contribution in [0.3, 0.4) is 0 Å². The SMILES string of the molecule is Cn1c(N)nc2c(NC3CC4CCC3C4)ncnc21. The van der Waals surface area contributed by atoms with Crippen LogP contribution < -0.4 is 11.1 Å². The van der Waals surface area contributed by atoms with Gasteiger partial charge in [-0.3, -0.25) is 4.57 Å². The van der Waals surface area contributed by atoms with Crippen LogP contribution in [-0.4, -0.2) is 25.6 Å². The van der Waals surface area contributed by atoms with Crippen molar-refractivity contribution in [2.45, 2.75) is 31.7 Å². The number of anilines is 2. The molecule has 2 saturated carbocycles. The fourth-order valence-corrected chi connectivity index (χ4v) is 3.72. The van der Waals surface area contributed by atoms with Gasteiger partial charge in [0.2, 0.25) is 5.95 Å². The van der Waals surface area contributed by atoms with Gasteiger partial charge >= 0.3 is 0 Å². The second-order valence-corrected chi connectivity index (χ2v) is 5.85. The molecule has 2 aliphatic carbocycles. The van der Waals surface area contributed by atoms with Crippen molar-refractivity contribution in [1.82, 2.24) is 19.5 Å². The van der Waals surface area contributed by atoms with Gasteiger partial charge in [0, 0.05) is 13.1 Å². The summed E-state index contributed by atoms with van der Waals surface area (Å²) in [6.07, 6.45) is 6.97. The van der Waals surface area contributed by atoms with Crippen LogP contribution in [0.15, 0.2) is 6.33 Å². The summed E-state index contributed by atoms with van der Waals surface area (Å²) < 4.78 is 1.79. The second-order valence-electron chi connectivity index (χ2n) is 5.85. The lowest BCUT2D eigenvalue weighted by atomic mass is 9.95. The van der Waals surface area contributed by atoms with Crippen molar-refractivity contribution in [3.63, 3.8) is 0 Å². The molecule has 2 aromatic heterocycles. The van der Waals surface area contributed by atoms with Gasteiger partial charge in [0.05, 0.1) is 0 Å². The molecule has 2 bridgehead atoms. The first-order valence-corrected chi connectivity index (χ1v) is 6.92. The number of rotatable bonds is 2. The summed E-state index contributed by atoms with van der Waals surface area (Å²) in [5, 5.41) is 3.57. The Labute approximate surface area is 111 Å². The lowest BCUT2D eigenvalue weighted by Gasteiger charge is -2.23. The number of hydrogen-bond acceptors (Lipinski definition) is 5. The van der Waals surface area contributed by atoms with Crippen molar-refractivity contribution in [3.05, 3.63) is 6.33 Å². The maximum Gasteiger partial charge on any atom is 0.202 e. The van der Waals surface area contributed by atoms with Gasteiger partial charge in [-0.2, -0.15) is 0 Å². The summed E-state index contributed by atoms with van der Waals surface area (Å²) in [6, 6.07) is 0.542. The molecule has 4 rings (SSSR count). The molecular weight excluding hydrogens is 240 g/mol. The Kier molecular flexibility index (Phi) is 2.22. The monoisotopic (exact) mass is 258 g/mol. The Morgan fingerprint density at radius 1 is 1.32 bits per heavy atom. The summed E-state index contributed by atoms with van der Waals surface area (Å²) in [6.45, 7) is 0.